The highest BCUT2D eigenvalue weighted by Crippen LogP contribution is 3.02. The first kappa shape index (κ1) is 13.6. The second kappa shape index (κ2) is 3.30. The lowest BCUT2D eigenvalue weighted by molar-refractivity contribution is -0.503. The molecule has 14 aliphatic rings. The molecule has 25 atom stereocenters. The molecule has 0 radical (unpaired) electrons. The van der Waals surface area contributed by atoms with Gasteiger partial charge < -0.3 is 0 Å². The molecular weight excluding hydrogens is 360 g/mol. The van der Waals surface area contributed by atoms with Gasteiger partial charge in [0.2, 0.25) is 0 Å². The van der Waals surface area contributed by atoms with Crippen LogP contribution >= 0.6 is 0 Å². The summed E-state index contributed by atoms with van der Waals surface area (Å²) in [7, 11) is 0. The molecule has 0 N–H and O–H groups in total. The maximum atomic E-state index is 1.76. The first-order chi connectivity index (χ1) is 14.9. The van der Waals surface area contributed by atoms with Crippen LogP contribution in [0.3, 0.4) is 0 Å². The third kappa shape index (κ3) is 0.787. The molecule has 0 heterocycles. The molecule has 25 unspecified atom stereocenters. The van der Waals surface area contributed by atoms with Crippen molar-refractivity contribution in [2.24, 2.45) is 147 Å². The Labute approximate surface area is 179 Å². The average Bonchev–Trinajstić information content (AvgIpc) is 2.70. The Kier molecular flexibility index (Phi) is 1.50. The summed E-state index contributed by atoms with van der Waals surface area (Å²) in [5.41, 5.74) is 1.03. The molecule has 14 saturated carbocycles. The fraction of sp³-hybridized carbons (Fsp3) is 1.00. The summed E-state index contributed by atoms with van der Waals surface area (Å²) in [5, 5.41) is 0. The zero-order valence-corrected chi connectivity index (χ0v) is 17.9. The van der Waals surface area contributed by atoms with Crippen molar-refractivity contribution in [3.63, 3.8) is 0 Å². The Hall–Kier alpha value is 0. The van der Waals surface area contributed by atoms with Crippen LogP contribution in [0.2, 0.25) is 0 Å². The lowest BCUT2D eigenvalue weighted by atomic mass is 9.07. The first-order valence-corrected chi connectivity index (χ1v) is 14.9. The van der Waals surface area contributed by atoms with Crippen LogP contribution in [0.5, 0.6) is 0 Å². The van der Waals surface area contributed by atoms with E-state index in [4.69, 9.17) is 0 Å². The van der Waals surface area contributed by atoms with Gasteiger partial charge in [-0.25, -0.2) is 0 Å². The second-order valence-electron chi connectivity index (χ2n) is 16.6. The van der Waals surface area contributed by atoms with Gasteiger partial charge in [-0.05, 0) is 180 Å². The van der Waals surface area contributed by atoms with Crippen LogP contribution < -0.4 is 0 Å². The molecule has 1 spiro atoms. The topological polar surface area (TPSA) is 0 Å². The van der Waals surface area contributed by atoms with Crippen molar-refractivity contribution in [2.45, 2.75) is 32.1 Å². The van der Waals surface area contributed by atoms with Crippen LogP contribution in [0, 0.1) is 147 Å². The molecule has 14 rings (SSSR count). The monoisotopic (exact) mass is 394 g/mol. The van der Waals surface area contributed by atoms with Gasteiger partial charge in [-0.15, -0.1) is 0 Å². The van der Waals surface area contributed by atoms with Gasteiger partial charge in [0.05, 0.1) is 0 Å². The Morgan fingerprint density at radius 3 is 1.70 bits per heavy atom. The lowest BCUT2D eigenvalue weighted by Crippen LogP contribution is -2.93. The van der Waals surface area contributed by atoms with Crippen LogP contribution in [0.15, 0.2) is 0 Å². The van der Waals surface area contributed by atoms with E-state index in [1.807, 2.05) is 0 Å². The van der Waals surface area contributed by atoms with Gasteiger partial charge in [0.15, 0.2) is 0 Å². The number of hydrogen-bond acceptors (Lipinski definition) is 0. The molecule has 0 saturated heterocycles. The minimum atomic E-state index is 1.03. The highest BCUT2D eigenvalue weighted by molar-refractivity contribution is 5.45. The van der Waals surface area contributed by atoms with Gasteiger partial charge in [-0.1, -0.05) is 0 Å². The van der Waals surface area contributed by atoms with Gasteiger partial charge in [0, 0.05) is 0 Å². The van der Waals surface area contributed by atoms with E-state index in [9.17, 15) is 0 Å². The quantitative estimate of drug-likeness (QED) is 0.548. The third-order valence-electron chi connectivity index (χ3n) is 18.7. The average molecular weight is 395 g/mol. The fourth-order valence-corrected chi connectivity index (χ4v) is 19.3. The molecule has 0 aromatic carbocycles. The van der Waals surface area contributed by atoms with Gasteiger partial charge in [-0.2, -0.15) is 0 Å². The van der Waals surface area contributed by atoms with Gasteiger partial charge in [-0.3, -0.25) is 0 Å². The molecule has 0 aromatic heterocycles. The largest absolute Gasteiger partial charge is 0.0496 e. The fourth-order valence-electron chi connectivity index (χ4n) is 19.3. The molecular formula is C30H34. The van der Waals surface area contributed by atoms with Gasteiger partial charge in [0.1, 0.15) is 0 Å². The van der Waals surface area contributed by atoms with Crippen molar-refractivity contribution < 1.29 is 0 Å². The molecule has 0 aliphatic heterocycles. The van der Waals surface area contributed by atoms with E-state index in [0.29, 0.717) is 0 Å². The predicted molar refractivity (Wildman–Crippen MR) is 109 cm³/mol. The number of hydrogen-bond donors (Lipinski definition) is 0. The first-order valence-electron chi connectivity index (χ1n) is 14.9. The number of rotatable bonds is 0. The van der Waals surface area contributed by atoms with Crippen LogP contribution in [-0.4, -0.2) is 0 Å². The maximum Gasteiger partial charge on any atom is -0.0167 e. The molecule has 0 aromatic rings. The van der Waals surface area contributed by atoms with Crippen molar-refractivity contribution in [3.05, 3.63) is 0 Å². The summed E-state index contributed by atoms with van der Waals surface area (Å²) in [5.74, 6) is 31.1. The smallest absolute Gasteiger partial charge is 0.0167 e. The summed E-state index contributed by atoms with van der Waals surface area (Å²) in [6, 6.07) is 0. The van der Waals surface area contributed by atoms with Crippen LogP contribution in [0.4, 0.5) is 0 Å². The van der Waals surface area contributed by atoms with Crippen molar-refractivity contribution >= 4 is 0 Å². The van der Waals surface area contributed by atoms with E-state index in [2.05, 4.69) is 0 Å². The Morgan fingerprint density at radius 2 is 0.867 bits per heavy atom. The third-order valence-corrected chi connectivity index (χ3v) is 18.7. The Morgan fingerprint density at radius 1 is 0.333 bits per heavy atom. The lowest BCUT2D eigenvalue weighted by Gasteiger charge is -2.97. The normalized spacial score (nSPS) is 96.8. The molecule has 0 nitrogen and oxygen atoms in total. The van der Waals surface area contributed by atoms with E-state index in [0.717, 1.165) is 5.41 Å². The summed E-state index contributed by atoms with van der Waals surface area (Å²) in [6.45, 7) is 0. The van der Waals surface area contributed by atoms with E-state index >= 15 is 0 Å². The minimum Gasteiger partial charge on any atom is -0.0496 e. The molecule has 14 aliphatic carbocycles. The summed E-state index contributed by atoms with van der Waals surface area (Å²) < 4.78 is 0. The van der Waals surface area contributed by atoms with E-state index in [1.165, 1.54) is 142 Å². The highest BCUT2D eigenvalue weighted by Gasteiger charge is 2.98. The molecule has 4 bridgehead atoms. The Bertz CT molecular complexity index is 1060. The van der Waals surface area contributed by atoms with E-state index in [1.54, 1.807) is 32.1 Å². The van der Waals surface area contributed by atoms with Crippen LogP contribution in [0.25, 0.3) is 0 Å². The van der Waals surface area contributed by atoms with Crippen molar-refractivity contribution in [1.82, 2.24) is 0 Å². The molecule has 154 valence electrons. The standard InChI is InChI=1S/C30H34/c1-2-7-6(1)8-3-9-14(7)21-23-18-11-4-10-16(11)27-17(10)19-12-5-13-20(28(18)30(12,13)29(19)27)24-22(15(8)9)25(21)26(23)24/h6-29H,1-5H2. The minimum absolute atomic E-state index is 1.03. The van der Waals surface area contributed by atoms with E-state index in [-0.39, 0.29) is 0 Å². The summed E-state index contributed by atoms with van der Waals surface area (Å²) in [6.07, 6.45) is 8.60. The van der Waals surface area contributed by atoms with Crippen molar-refractivity contribution in [3.8, 4) is 0 Å². The van der Waals surface area contributed by atoms with Gasteiger partial charge >= 0.3 is 0 Å². The van der Waals surface area contributed by atoms with Crippen LogP contribution in [0.1, 0.15) is 32.1 Å². The predicted octanol–water partition coefficient (Wildman–Crippen LogP) is 4.90. The van der Waals surface area contributed by atoms with Crippen molar-refractivity contribution in [1.29, 1.82) is 0 Å². The Balaban J connectivity index is 1.03. The molecule has 14 fully saturated rings. The highest BCUT2D eigenvalue weighted by atomic mass is 15.0. The number of fused-ring (bicyclic) bond motifs is 13. The van der Waals surface area contributed by atoms with Crippen molar-refractivity contribution in [2.75, 3.05) is 0 Å². The zero-order chi connectivity index (χ0) is 17.9. The van der Waals surface area contributed by atoms with E-state index < -0.39 is 0 Å². The summed E-state index contributed by atoms with van der Waals surface area (Å²) >= 11 is 0. The molecule has 0 heteroatoms. The summed E-state index contributed by atoms with van der Waals surface area (Å²) in [4.78, 5) is 0. The van der Waals surface area contributed by atoms with Crippen LogP contribution in [-0.2, 0) is 0 Å². The molecule has 30 heavy (non-hydrogen) atoms. The second-order valence-corrected chi connectivity index (χ2v) is 16.6. The van der Waals surface area contributed by atoms with Gasteiger partial charge in [0.25, 0.3) is 0 Å². The molecule has 0 amide bonds. The maximum absolute atomic E-state index is 1.76. The zero-order valence-electron chi connectivity index (χ0n) is 17.9. The SMILES string of the molecule is C1CC2C1C1CC3C2C2C4C(C13)C1C4C2C2C3CC4C3C3C4C4C5CC6C1C2C65C34.